The summed E-state index contributed by atoms with van der Waals surface area (Å²) in [5.74, 6) is 1.01. The number of hydrogen-bond donors (Lipinski definition) is 1. The van der Waals surface area contributed by atoms with E-state index in [0.29, 0.717) is 0 Å². The highest BCUT2D eigenvalue weighted by molar-refractivity contribution is 5.66. The molecule has 3 heteroatoms. The van der Waals surface area contributed by atoms with E-state index in [2.05, 4.69) is 47.1 Å². The molecule has 2 N–H and O–H groups in total. The summed E-state index contributed by atoms with van der Waals surface area (Å²) in [7, 11) is 0. The van der Waals surface area contributed by atoms with Gasteiger partial charge in [-0.1, -0.05) is 23.8 Å². The molecular weight excluding hydrogens is 246 g/mol. The van der Waals surface area contributed by atoms with Gasteiger partial charge < -0.3 is 10.6 Å². The number of nitrogens with two attached hydrogens (primary N) is 1. The van der Waals surface area contributed by atoms with Crippen molar-refractivity contribution in [2.24, 2.45) is 5.73 Å². The van der Waals surface area contributed by atoms with Crippen molar-refractivity contribution >= 4 is 11.5 Å². The lowest BCUT2D eigenvalue weighted by atomic mass is 9.99. The van der Waals surface area contributed by atoms with Crippen molar-refractivity contribution in [3.05, 3.63) is 53.2 Å². The monoisotopic (exact) mass is 267 g/mol. The highest BCUT2D eigenvalue weighted by Crippen LogP contribution is 2.33. The fourth-order valence-corrected chi connectivity index (χ4v) is 2.79. The van der Waals surface area contributed by atoms with Gasteiger partial charge in [-0.2, -0.15) is 0 Å². The van der Waals surface area contributed by atoms with Crippen LogP contribution < -0.4 is 10.6 Å². The molecule has 0 saturated heterocycles. The van der Waals surface area contributed by atoms with Crippen LogP contribution in [0.3, 0.4) is 0 Å². The van der Waals surface area contributed by atoms with E-state index in [1.54, 1.807) is 0 Å². The molecule has 0 fully saturated rings. The molecule has 0 amide bonds. The third kappa shape index (κ3) is 2.41. The Morgan fingerprint density at radius 1 is 1.25 bits per heavy atom. The molecule has 1 aromatic heterocycles. The van der Waals surface area contributed by atoms with Crippen molar-refractivity contribution in [2.75, 3.05) is 11.4 Å². The topological polar surface area (TPSA) is 42.1 Å². The minimum absolute atomic E-state index is 0.0350. The van der Waals surface area contributed by atoms with E-state index in [1.165, 1.54) is 23.2 Å². The number of pyridine rings is 1. The lowest BCUT2D eigenvalue weighted by molar-refractivity contribution is 0.755. The largest absolute Gasteiger partial charge is 0.326 e. The first-order valence-electron chi connectivity index (χ1n) is 7.24. The molecule has 0 bridgehead atoms. The second-order valence-electron chi connectivity index (χ2n) is 5.63. The number of rotatable bonds is 2. The lowest BCUT2D eigenvalue weighted by Crippen LogP contribution is -2.25. The molecule has 0 saturated carbocycles. The van der Waals surface area contributed by atoms with Gasteiger partial charge in [0.2, 0.25) is 0 Å². The van der Waals surface area contributed by atoms with Crippen molar-refractivity contribution < 1.29 is 0 Å². The number of nitrogens with zero attached hydrogens (tertiary/aromatic N) is 2. The van der Waals surface area contributed by atoms with Crippen LogP contribution >= 0.6 is 0 Å². The Morgan fingerprint density at radius 2 is 2.10 bits per heavy atom. The van der Waals surface area contributed by atoms with E-state index in [-0.39, 0.29) is 6.04 Å². The minimum atomic E-state index is 0.0350. The summed E-state index contributed by atoms with van der Waals surface area (Å²) in [4.78, 5) is 6.90. The summed E-state index contributed by atoms with van der Waals surface area (Å²) in [6.45, 7) is 5.16. The molecule has 0 unspecified atom stereocenters. The van der Waals surface area contributed by atoms with Gasteiger partial charge in [0, 0.05) is 24.5 Å². The SMILES string of the molecule is Cc1ccc2c(c1)CCCN2c1ccc([C@H](C)N)cn1. The zero-order valence-corrected chi connectivity index (χ0v) is 12.1. The van der Waals surface area contributed by atoms with Gasteiger partial charge in [-0.3, -0.25) is 0 Å². The zero-order valence-electron chi connectivity index (χ0n) is 12.1. The Labute approximate surface area is 120 Å². The normalized spacial score (nSPS) is 15.8. The van der Waals surface area contributed by atoms with E-state index in [4.69, 9.17) is 5.73 Å². The Morgan fingerprint density at radius 3 is 2.80 bits per heavy atom. The molecule has 1 aliphatic heterocycles. The molecule has 3 rings (SSSR count). The Kier molecular flexibility index (Phi) is 3.45. The average Bonchev–Trinajstić information content (AvgIpc) is 2.46. The van der Waals surface area contributed by atoms with Crippen molar-refractivity contribution in [1.82, 2.24) is 4.98 Å². The van der Waals surface area contributed by atoms with Crippen LogP contribution in [0.4, 0.5) is 11.5 Å². The molecule has 3 nitrogen and oxygen atoms in total. The van der Waals surface area contributed by atoms with E-state index < -0.39 is 0 Å². The van der Waals surface area contributed by atoms with Crippen LogP contribution in [0.15, 0.2) is 36.5 Å². The Bertz CT molecular complexity index is 602. The van der Waals surface area contributed by atoms with E-state index in [0.717, 1.165) is 24.3 Å². The van der Waals surface area contributed by atoms with Gasteiger partial charge in [0.25, 0.3) is 0 Å². The standard InChI is InChI=1S/C17H21N3/c1-12-5-7-16-14(10-12)4-3-9-20(16)17-8-6-15(11-19-17)13(2)18/h5-8,10-11,13H,3-4,9,18H2,1-2H3/t13-/m0/s1. The summed E-state index contributed by atoms with van der Waals surface area (Å²) in [5, 5.41) is 0. The highest BCUT2D eigenvalue weighted by atomic mass is 15.2. The molecular formula is C17H21N3. The van der Waals surface area contributed by atoms with Gasteiger partial charge in [0.05, 0.1) is 0 Å². The number of aryl methyl sites for hydroxylation is 2. The predicted molar refractivity (Wildman–Crippen MR) is 83.3 cm³/mol. The molecule has 0 radical (unpaired) electrons. The fraction of sp³-hybridized carbons (Fsp3) is 0.353. The quantitative estimate of drug-likeness (QED) is 0.905. The summed E-state index contributed by atoms with van der Waals surface area (Å²) in [5.41, 5.74) is 11.0. The number of benzene rings is 1. The van der Waals surface area contributed by atoms with Crippen LogP contribution in [-0.4, -0.2) is 11.5 Å². The van der Waals surface area contributed by atoms with Gasteiger partial charge in [0.15, 0.2) is 0 Å². The molecule has 1 aliphatic rings. The van der Waals surface area contributed by atoms with Gasteiger partial charge in [-0.15, -0.1) is 0 Å². The highest BCUT2D eigenvalue weighted by Gasteiger charge is 2.19. The Hall–Kier alpha value is -1.87. The summed E-state index contributed by atoms with van der Waals surface area (Å²) < 4.78 is 0. The van der Waals surface area contributed by atoms with Crippen LogP contribution in [0.25, 0.3) is 0 Å². The number of anilines is 2. The van der Waals surface area contributed by atoms with Gasteiger partial charge >= 0.3 is 0 Å². The van der Waals surface area contributed by atoms with E-state index in [1.807, 2.05) is 13.1 Å². The minimum Gasteiger partial charge on any atom is -0.326 e. The van der Waals surface area contributed by atoms with Crippen LogP contribution in [0, 0.1) is 6.92 Å². The van der Waals surface area contributed by atoms with Crippen LogP contribution in [-0.2, 0) is 6.42 Å². The van der Waals surface area contributed by atoms with E-state index >= 15 is 0 Å². The number of aromatic nitrogens is 1. The maximum atomic E-state index is 5.88. The summed E-state index contributed by atoms with van der Waals surface area (Å²) in [6.07, 6.45) is 4.22. The van der Waals surface area contributed by atoms with E-state index in [9.17, 15) is 0 Å². The average molecular weight is 267 g/mol. The molecule has 20 heavy (non-hydrogen) atoms. The van der Waals surface area contributed by atoms with Gasteiger partial charge in [-0.05, 0) is 49.9 Å². The number of fused-ring (bicyclic) bond motifs is 1. The smallest absolute Gasteiger partial charge is 0.132 e. The maximum absolute atomic E-state index is 5.88. The summed E-state index contributed by atoms with van der Waals surface area (Å²) >= 11 is 0. The first-order chi connectivity index (χ1) is 9.65. The maximum Gasteiger partial charge on any atom is 0.132 e. The fourth-order valence-electron chi connectivity index (χ4n) is 2.79. The molecule has 1 aromatic carbocycles. The van der Waals surface area contributed by atoms with Crippen molar-refractivity contribution in [3.8, 4) is 0 Å². The van der Waals surface area contributed by atoms with Gasteiger partial charge in [-0.25, -0.2) is 4.98 Å². The first kappa shape index (κ1) is 13.1. The van der Waals surface area contributed by atoms with Crippen molar-refractivity contribution in [1.29, 1.82) is 0 Å². The van der Waals surface area contributed by atoms with Crippen molar-refractivity contribution in [3.63, 3.8) is 0 Å². The first-order valence-corrected chi connectivity index (χ1v) is 7.24. The molecule has 2 heterocycles. The van der Waals surface area contributed by atoms with Crippen LogP contribution in [0.5, 0.6) is 0 Å². The lowest BCUT2D eigenvalue weighted by Gasteiger charge is -2.30. The second kappa shape index (κ2) is 5.25. The van der Waals surface area contributed by atoms with Crippen molar-refractivity contribution in [2.45, 2.75) is 32.7 Å². The van der Waals surface area contributed by atoms with Crippen LogP contribution in [0.2, 0.25) is 0 Å². The number of hydrogen-bond acceptors (Lipinski definition) is 3. The Balaban J connectivity index is 1.96. The third-order valence-corrected chi connectivity index (χ3v) is 3.93. The molecule has 1 atom stereocenters. The molecule has 2 aromatic rings. The molecule has 0 spiro atoms. The molecule has 104 valence electrons. The van der Waals surface area contributed by atoms with Gasteiger partial charge in [0.1, 0.15) is 5.82 Å². The zero-order chi connectivity index (χ0) is 14.1. The third-order valence-electron chi connectivity index (χ3n) is 3.93. The molecule has 0 aliphatic carbocycles. The second-order valence-corrected chi connectivity index (χ2v) is 5.63. The van der Waals surface area contributed by atoms with Crippen LogP contribution in [0.1, 0.15) is 36.1 Å². The predicted octanol–water partition coefficient (Wildman–Crippen LogP) is 3.49. The summed E-state index contributed by atoms with van der Waals surface area (Å²) in [6, 6.07) is 10.9.